The number of aromatic nitrogens is 1. The zero-order valence-corrected chi connectivity index (χ0v) is 11.7. The number of nitrogens with zero attached hydrogens (tertiary/aromatic N) is 1. The van der Waals surface area contributed by atoms with Crippen LogP contribution in [0.3, 0.4) is 0 Å². The molecule has 1 fully saturated rings. The Morgan fingerprint density at radius 2 is 2.25 bits per heavy atom. The van der Waals surface area contributed by atoms with Crippen LogP contribution >= 0.6 is 0 Å². The average molecular weight is 277 g/mol. The summed E-state index contributed by atoms with van der Waals surface area (Å²) in [7, 11) is 0. The molecular weight excluding hydrogens is 254 g/mol. The third-order valence-electron chi connectivity index (χ3n) is 3.57. The van der Waals surface area contributed by atoms with Gasteiger partial charge in [-0.25, -0.2) is 4.79 Å². The van der Waals surface area contributed by atoms with E-state index in [9.17, 15) is 9.90 Å². The smallest absolute Gasteiger partial charge is 0.314 e. The van der Waals surface area contributed by atoms with Crippen LogP contribution in [0.4, 0.5) is 4.79 Å². The summed E-state index contributed by atoms with van der Waals surface area (Å²) < 4.78 is 0. The topological polar surface area (TPSA) is 74.2 Å². The second kappa shape index (κ2) is 7.85. The molecular formula is C15H23N3O2. The molecule has 1 unspecified atom stereocenters. The van der Waals surface area contributed by atoms with Gasteiger partial charge >= 0.3 is 6.03 Å². The van der Waals surface area contributed by atoms with E-state index in [-0.39, 0.29) is 18.6 Å². The predicted molar refractivity (Wildman–Crippen MR) is 77.3 cm³/mol. The lowest BCUT2D eigenvalue weighted by atomic mass is 10.0. The standard InChI is InChI=1S/C15H23N3O2/c19-11-13(9-14-3-1-2-7-16-14)10-18-15(20)17-8-6-12-4-5-12/h1-3,7,12-13,19H,4-6,8-11H2,(H2,17,18,20). The number of pyridine rings is 1. The molecule has 1 heterocycles. The summed E-state index contributed by atoms with van der Waals surface area (Å²) in [6.07, 6.45) is 6.09. The van der Waals surface area contributed by atoms with Crippen LogP contribution in [0.1, 0.15) is 25.0 Å². The van der Waals surface area contributed by atoms with Gasteiger partial charge in [0.25, 0.3) is 0 Å². The largest absolute Gasteiger partial charge is 0.396 e. The Hall–Kier alpha value is -1.62. The van der Waals surface area contributed by atoms with E-state index in [1.54, 1.807) is 6.20 Å². The number of hydrogen-bond acceptors (Lipinski definition) is 3. The number of amides is 2. The zero-order valence-electron chi connectivity index (χ0n) is 11.7. The molecule has 1 saturated carbocycles. The molecule has 0 aliphatic heterocycles. The summed E-state index contributed by atoms with van der Waals surface area (Å²) in [5.41, 5.74) is 0.933. The van der Waals surface area contributed by atoms with E-state index in [1.165, 1.54) is 12.8 Å². The highest BCUT2D eigenvalue weighted by Crippen LogP contribution is 2.31. The number of aliphatic hydroxyl groups excluding tert-OH is 1. The number of hydrogen-bond donors (Lipinski definition) is 3. The molecule has 2 amide bonds. The fourth-order valence-corrected chi connectivity index (χ4v) is 2.11. The number of carbonyl (C=O) groups is 1. The van der Waals surface area contributed by atoms with Crippen molar-refractivity contribution in [2.24, 2.45) is 11.8 Å². The Labute approximate surface area is 119 Å². The Morgan fingerprint density at radius 1 is 1.40 bits per heavy atom. The first-order valence-electron chi connectivity index (χ1n) is 7.30. The summed E-state index contributed by atoms with van der Waals surface area (Å²) in [6, 6.07) is 5.57. The summed E-state index contributed by atoms with van der Waals surface area (Å²) >= 11 is 0. The van der Waals surface area contributed by atoms with Crippen LogP contribution in [0.5, 0.6) is 0 Å². The van der Waals surface area contributed by atoms with Gasteiger partial charge in [0.1, 0.15) is 0 Å². The van der Waals surface area contributed by atoms with Gasteiger partial charge in [-0.15, -0.1) is 0 Å². The van der Waals surface area contributed by atoms with Gasteiger partial charge in [-0.1, -0.05) is 18.9 Å². The molecule has 0 spiro atoms. The Bertz CT molecular complexity index is 407. The molecule has 1 atom stereocenters. The lowest BCUT2D eigenvalue weighted by Gasteiger charge is -2.15. The highest BCUT2D eigenvalue weighted by atomic mass is 16.3. The van der Waals surface area contributed by atoms with Crippen molar-refractivity contribution in [2.45, 2.75) is 25.7 Å². The van der Waals surface area contributed by atoms with E-state index >= 15 is 0 Å². The fraction of sp³-hybridized carbons (Fsp3) is 0.600. The van der Waals surface area contributed by atoms with E-state index in [1.807, 2.05) is 18.2 Å². The lowest BCUT2D eigenvalue weighted by Crippen LogP contribution is -2.39. The van der Waals surface area contributed by atoms with Gasteiger partial charge in [0.15, 0.2) is 0 Å². The van der Waals surface area contributed by atoms with Crippen molar-refractivity contribution in [3.63, 3.8) is 0 Å². The molecule has 0 bridgehead atoms. The highest BCUT2D eigenvalue weighted by Gasteiger charge is 2.20. The van der Waals surface area contributed by atoms with E-state index in [4.69, 9.17) is 0 Å². The van der Waals surface area contributed by atoms with Crippen LogP contribution in [-0.4, -0.2) is 35.8 Å². The molecule has 5 heteroatoms. The first-order chi connectivity index (χ1) is 9.78. The van der Waals surface area contributed by atoms with Crippen molar-refractivity contribution >= 4 is 6.03 Å². The van der Waals surface area contributed by atoms with Crippen molar-refractivity contribution in [1.82, 2.24) is 15.6 Å². The Kier molecular flexibility index (Phi) is 5.80. The van der Waals surface area contributed by atoms with E-state index in [0.717, 1.165) is 24.6 Å². The molecule has 1 aliphatic carbocycles. The first-order valence-corrected chi connectivity index (χ1v) is 7.30. The molecule has 1 aliphatic rings. The predicted octanol–water partition coefficient (Wildman–Crippen LogP) is 1.33. The summed E-state index contributed by atoms with van der Waals surface area (Å²) in [5.74, 6) is 0.823. The molecule has 1 aromatic rings. The van der Waals surface area contributed by atoms with Crippen LogP contribution in [0, 0.1) is 11.8 Å². The van der Waals surface area contributed by atoms with Crippen LogP contribution in [0.2, 0.25) is 0 Å². The van der Waals surface area contributed by atoms with Gasteiger partial charge in [0.2, 0.25) is 0 Å². The molecule has 1 aromatic heterocycles. The van der Waals surface area contributed by atoms with Gasteiger partial charge < -0.3 is 15.7 Å². The van der Waals surface area contributed by atoms with Gasteiger partial charge in [0, 0.05) is 37.5 Å². The fourth-order valence-electron chi connectivity index (χ4n) is 2.11. The zero-order chi connectivity index (χ0) is 14.2. The molecule has 2 rings (SSSR count). The number of carbonyl (C=O) groups excluding carboxylic acids is 1. The minimum atomic E-state index is -0.148. The summed E-state index contributed by atoms with van der Waals surface area (Å²) in [6.45, 7) is 1.24. The second-order valence-electron chi connectivity index (χ2n) is 5.44. The maximum Gasteiger partial charge on any atom is 0.314 e. The van der Waals surface area contributed by atoms with Gasteiger partial charge in [-0.3, -0.25) is 4.98 Å². The van der Waals surface area contributed by atoms with Crippen molar-refractivity contribution < 1.29 is 9.90 Å². The number of nitrogens with one attached hydrogen (secondary N) is 2. The number of aliphatic hydroxyl groups is 1. The van der Waals surface area contributed by atoms with E-state index in [0.29, 0.717) is 13.0 Å². The average Bonchev–Trinajstić information content (AvgIpc) is 3.28. The van der Waals surface area contributed by atoms with Crippen molar-refractivity contribution in [3.05, 3.63) is 30.1 Å². The maximum absolute atomic E-state index is 11.6. The van der Waals surface area contributed by atoms with Crippen molar-refractivity contribution in [3.8, 4) is 0 Å². The monoisotopic (exact) mass is 277 g/mol. The summed E-state index contributed by atoms with van der Waals surface area (Å²) in [4.78, 5) is 15.8. The third kappa shape index (κ3) is 5.57. The van der Waals surface area contributed by atoms with Crippen LogP contribution in [0.15, 0.2) is 24.4 Å². The summed E-state index contributed by atoms with van der Waals surface area (Å²) in [5, 5.41) is 15.0. The SMILES string of the molecule is O=C(NCCC1CC1)NCC(CO)Cc1ccccn1. The van der Waals surface area contributed by atoms with Crippen molar-refractivity contribution in [1.29, 1.82) is 0 Å². The number of rotatable bonds is 8. The van der Waals surface area contributed by atoms with Gasteiger partial charge in [-0.2, -0.15) is 0 Å². The Morgan fingerprint density at radius 3 is 2.90 bits per heavy atom. The van der Waals surface area contributed by atoms with E-state index < -0.39 is 0 Å². The van der Waals surface area contributed by atoms with Crippen LogP contribution in [0.25, 0.3) is 0 Å². The highest BCUT2D eigenvalue weighted by molar-refractivity contribution is 5.73. The van der Waals surface area contributed by atoms with Crippen molar-refractivity contribution in [2.75, 3.05) is 19.7 Å². The van der Waals surface area contributed by atoms with Gasteiger partial charge in [-0.05, 0) is 30.9 Å². The minimum absolute atomic E-state index is 0.000850. The normalized spacial score (nSPS) is 15.7. The van der Waals surface area contributed by atoms with Gasteiger partial charge in [0.05, 0.1) is 0 Å². The molecule has 20 heavy (non-hydrogen) atoms. The molecule has 110 valence electrons. The van der Waals surface area contributed by atoms with Crippen LogP contribution < -0.4 is 10.6 Å². The second-order valence-corrected chi connectivity index (χ2v) is 5.44. The number of urea groups is 1. The maximum atomic E-state index is 11.6. The quantitative estimate of drug-likeness (QED) is 0.671. The first kappa shape index (κ1) is 14.8. The Balaban J connectivity index is 1.63. The van der Waals surface area contributed by atoms with Crippen LogP contribution in [-0.2, 0) is 6.42 Å². The molecule has 3 N–H and O–H groups in total. The lowest BCUT2D eigenvalue weighted by molar-refractivity contribution is 0.213. The van der Waals surface area contributed by atoms with E-state index in [2.05, 4.69) is 15.6 Å². The minimum Gasteiger partial charge on any atom is -0.396 e. The molecule has 5 nitrogen and oxygen atoms in total. The molecule has 0 radical (unpaired) electrons. The third-order valence-corrected chi connectivity index (χ3v) is 3.57. The molecule has 0 aromatic carbocycles. The molecule has 0 saturated heterocycles.